The Kier molecular flexibility index (Phi) is 5.74. The van der Waals surface area contributed by atoms with E-state index in [1.165, 1.54) is 0 Å². The van der Waals surface area contributed by atoms with E-state index in [1.54, 1.807) is 31.2 Å². The molecule has 0 N–H and O–H groups in total. The average Bonchev–Trinajstić information content (AvgIpc) is 2.36. The highest BCUT2D eigenvalue weighted by Gasteiger charge is 2.10. The molecule has 1 aromatic carbocycles. The second kappa shape index (κ2) is 7.40. The molecule has 0 spiro atoms. The van der Waals surface area contributed by atoms with Gasteiger partial charge in [-0.15, -0.1) is 11.8 Å². The van der Waals surface area contributed by atoms with Gasteiger partial charge in [-0.1, -0.05) is 30.3 Å². The van der Waals surface area contributed by atoms with Crippen molar-refractivity contribution in [3.8, 4) is 11.8 Å². The molecule has 17 heavy (non-hydrogen) atoms. The van der Waals surface area contributed by atoms with E-state index in [4.69, 9.17) is 0 Å². The Morgan fingerprint density at radius 3 is 2.53 bits per heavy atom. The van der Waals surface area contributed by atoms with Crippen LogP contribution in [0.5, 0.6) is 0 Å². The highest BCUT2D eigenvalue weighted by atomic mass is 16.1. The zero-order valence-corrected chi connectivity index (χ0v) is 10.0. The maximum atomic E-state index is 11.7. The molecule has 0 amide bonds. The summed E-state index contributed by atoms with van der Waals surface area (Å²) in [7, 11) is 0. The zero-order chi connectivity index (χ0) is 12.5. The van der Waals surface area contributed by atoms with Gasteiger partial charge in [-0.2, -0.15) is 0 Å². The number of rotatable bonds is 6. The van der Waals surface area contributed by atoms with E-state index in [0.717, 1.165) is 12.8 Å². The lowest BCUT2D eigenvalue weighted by molar-refractivity contribution is -0.118. The highest BCUT2D eigenvalue weighted by molar-refractivity contribution is 6.07. The van der Waals surface area contributed by atoms with Crippen molar-refractivity contribution in [3.05, 3.63) is 35.9 Å². The van der Waals surface area contributed by atoms with Crippen molar-refractivity contribution in [1.29, 1.82) is 0 Å². The number of benzene rings is 1. The molecule has 1 aromatic rings. The Morgan fingerprint density at radius 1 is 1.18 bits per heavy atom. The van der Waals surface area contributed by atoms with Crippen LogP contribution >= 0.6 is 0 Å². The van der Waals surface area contributed by atoms with Gasteiger partial charge in [0.15, 0.2) is 5.78 Å². The first-order chi connectivity index (χ1) is 8.24. The van der Waals surface area contributed by atoms with Crippen molar-refractivity contribution in [2.24, 2.45) is 0 Å². The van der Waals surface area contributed by atoms with Gasteiger partial charge in [-0.3, -0.25) is 9.59 Å². The van der Waals surface area contributed by atoms with E-state index in [1.807, 2.05) is 6.07 Å². The lowest BCUT2D eigenvalue weighted by atomic mass is 10.0. The van der Waals surface area contributed by atoms with Crippen molar-refractivity contribution < 1.29 is 9.59 Å². The van der Waals surface area contributed by atoms with Crippen LogP contribution in [0.25, 0.3) is 0 Å². The predicted molar refractivity (Wildman–Crippen MR) is 67.7 cm³/mol. The third-order valence-electron chi connectivity index (χ3n) is 2.39. The summed E-state index contributed by atoms with van der Waals surface area (Å²) in [6, 6.07) is 8.92. The number of carbonyl (C=O) groups is 2. The van der Waals surface area contributed by atoms with E-state index in [2.05, 4.69) is 11.8 Å². The van der Waals surface area contributed by atoms with Crippen LogP contribution in [0.3, 0.4) is 0 Å². The van der Waals surface area contributed by atoms with E-state index in [0.29, 0.717) is 12.0 Å². The van der Waals surface area contributed by atoms with Gasteiger partial charge < -0.3 is 0 Å². The van der Waals surface area contributed by atoms with Crippen LogP contribution in [-0.2, 0) is 4.79 Å². The van der Waals surface area contributed by atoms with Crippen molar-refractivity contribution in [1.82, 2.24) is 0 Å². The summed E-state index contributed by atoms with van der Waals surface area (Å²) in [5, 5.41) is 0. The van der Waals surface area contributed by atoms with Gasteiger partial charge in [0.1, 0.15) is 5.78 Å². The number of unbranched alkanes of at least 4 members (excludes halogenated alkanes) is 1. The van der Waals surface area contributed by atoms with Crippen molar-refractivity contribution >= 4 is 11.6 Å². The van der Waals surface area contributed by atoms with E-state index in [-0.39, 0.29) is 18.0 Å². The lowest BCUT2D eigenvalue weighted by Crippen LogP contribution is -2.07. The number of carbonyl (C=O) groups excluding carboxylic acids is 2. The number of Topliss-reactive ketones (excluding diaryl/α,β-unsaturated/α-hetero) is 2. The molecule has 88 valence electrons. The Morgan fingerprint density at radius 2 is 1.88 bits per heavy atom. The molecule has 0 saturated carbocycles. The molecule has 0 fully saturated rings. The molecule has 0 radical (unpaired) electrons. The maximum absolute atomic E-state index is 11.7. The molecule has 0 unspecified atom stereocenters. The minimum Gasteiger partial charge on any atom is -0.299 e. The van der Waals surface area contributed by atoms with Crippen LogP contribution in [0, 0.1) is 11.8 Å². The van der Waals surface area contributed by atoms with Gasteiger partial charge in [-0.05, 0) is 13.3 Å². The molecule has 0 aliphatic heterocycles. The zero-order valence-electron chi connectivity index (χ0n) is 10.0. The number of ketones is 2. The van der Waals surface area contributed by atoms with Crippen LogP contribution in [0.4, 0.5) is 0 Å². The highest BCUT2D eigenvalue weighted by Crippen LogP contribution is 2.06. The topological polar surface area (TPSA) is 34.1 Å². The molecular weight excluding hydrogens is 212 g/mol. The summed E-state index contributed by atoms with van der Waals surface area (Å²) >= 11 is 0. The molecule has 0 saturated heterocycles. The van der Waals surface area contributed by atoms with E-state index < -0.39 is 0 Å². The van der Waals surface area contributed by atoms with E-state index in [9.17, 15) is 9.59 Å². The van der Waals surface area contributed by atoms with Crippen molar-refractivity contribution in [2.75, 3.05) is 0 Å². The Bertz CT molecular complexity index is 435. The Balaban J connectivity index is 2.36. The minimum absolute atomic E-state index is 0.00300. The second-order valence-electron chi connectivity index (χ2n) is 3.78. The molecule has 0 aromatic heterocycles. The second-order valence-corrected chi connectivity index (χ2v) is 3.78. The van der Waals surface area contributed by atoms with Gasteiger partial charge in [0.05, 0.1) is 6.42 Å². The van der Waals surface area contributed by atoms with Crippen LogP contribution in [0.15, 0.2) is 30.3 Å². The van der Waals surface area contributed by atoms with Crippen LogP contribution in [0.2, 0.25) is 0 Å². The van der Waals surface area contributed by atoms with Crippen LogP contribution in [0.1, 0.15) is 43.0 Å². The standard InChI is InChI=1S/C15H16O2/c1-2-3-4-8-11-14(16)12-15(17)13-9-6-5-7-10-13/h5-7,9-10H,4,8,11-12H2,1H3. The predicted octanol–water partition coefficient (Wildman–Crippen LogP) is 3.02. The molecule has 2 nitrogen and oxygen atoms in total. The SMILES string of the molecule is CC#CCCCC(=O)CC(=O)c1ccccc1. The van der Waals surface area contributed by atoms with Gasteiger partial charge in [0, 0.05) is 18.4 Å². The molecule has 0 atom stereocenters. The van der Waals surface area contributed by atoms with Gasteiger partial charge >= 0.3 is 0 Å². The van der Waals surface area contributed by atoms with E-state index >= 15 is 0 Å². The van der Waals surface area contributed by atoms with Gasteiger partial charge in [-0.25, -0.2) is 0 Å². The number of hydrogen-bond acceptors (Lipinski definition) is 2. The summed E-state index contributed by atoms with van der Waals surface area (Å²) in [4.78, 5) is 23.2. The third-order valence-corrected chi connectivity index (χ3v) is 2.39. The molecule has 0 aliphatic carbocycles. The first kappa shape index (κ1) is 13.2. The molecule has 0 aliphatic rings. The Labute approximate surface area is 102 Å². The van der Waals surface area contributed by atoms with Crippen LogP contribution < -0.4 is 0 Å². The Hall–Kier alpha value is -1.88. The normalized spacial score (nSPS) is 9.24. The lowest BCUT2D eigenvalue weighted by Gasteiger charge is -1.99. The summed E-state index contributed by atoms with van der Waals surface area (Å²) in [5.74, 6) is 5.58. The summed E-state index contributed by atoms with van der Waals surface area (Å²) in [6.45, 7) is 1.78. The van der Waals surface area contributed by atoms with Crippen molar-refractivity contribution in [3.63, 3.8) is 0 Å². The van der Waals surface area contributed by atoms with Gasteiger partial charge in [0.2, 0.25) is 0 Å². The molecular formula is C15H16O2. The number of hydrogen-bond donors (Lipinski definition) is 0. The smallest absolute Gasteiger partial charge is 0.170 e. The first-order valence-corrected chi connectivity index (χ1v) is 5.73. The summed E-state index contributed by atoms with van der Waals surface area (Å²) < 4.78 is 0. The molecule has 2 heteroatoms. The minimum atomic E-state index is -0.0998. The largest absolute Gasteiger partial charge is 0.299 e. The molecule has 1 rings (SSSR count). The molecule has 0 bridgehead atoms. The quantitative estimate of drug-likeness (QED) is 0.324. The third kappa shape index (κ3) is 5.12. The monoisotopic (exact) mass is 228 g/mol. The van der Waals surface area contributed by atoms with Crippen LogP contribution in [-0.4, -0.2) is 11.6 Å². The summed E-state index contributed by atoms with van der Waals surface area (Å²) in [5.41, 5.74) is 0.606. The fourth-order valence-corrected chi connectivity index (χ4v) is 1.49. The fraction of sp³-hybridized carbons (Fsp3) is 0.333. The maximum Gasteiger partial charge on any atom is 0.170 e. The first-order valence-electron chi connectivity index (χ1n) is 5.73. The van der Waals surface area contributed by atoms with Gasteiger partial charge in [0.25, 0.3) is 0 Å². The average molecular weight is 228 g/mol. The fourth-order valence-electron chi connectivity index (χ4n) is 1.49. The van der Waals surface area contributed by atoms with Crippen molar-refractivity contribution in [2.45, 2.75) is 32.6 Å². The molecule has 0 heterocycles. The summed E-state index contributed by atoms with van der Waals surface area (Å²) in [6.07, 6.45) is 1.90.